The number of nitrogens with zero attached hydrogens (tertiary/aromatic N) is 1. The Bertz CT molecular complexity index is 679. The van der Waals surface area contributed by atoms with Crippen molar-refractivity contribution in [2.24, 2.45) is 11.8 Å². The van der Waals surface area contributed by atoms with Gasteiger partial charge in [-0.05, 0) is 30.0 Å². The summed E-state index contributed by atoms with van der Waals surface area (Å²) in [5.74, 6) is -2.65. The number of amides is 2. The molecular weight excluding hydrogens is 331 g/mol. The number of rotatable bonds is 4. The van der Waals surface area contributed by atoms with E-state index < -0.39 is 29.7 Å². The van der Waals surface area contributed by atoms with Crippen LogP contribution in [0.1, 0.15) is 18.9 Å². The Morgan fingerprint density at radius 3 is 2.68 bits per heavy atom. The minimum absolute atomic E-state index is 0.0692. The Morgan fingerprint density at radius 1 is 1.36 bits per heavy atom. The van der Waals surface area contributed by atoms with E-state index in [2.05, 4.69) is 10.1 Å². The molecule has 1 aromatic carbocycles. The second-order valence-electron chi connectivity index (χ2n) is 6.27. The number of aliphatic carboxylic acids is 1. The van der Waals surface area contributed by atoms with Crippen molar-refractivity contribution in [1.29, 1.82) is 0 Å². The maximum Gasteiger partial charge on any atom is 0.321 e. The minimum Gasteiger partial charge on any atom is -0.481 e. The molecular formula is C17H21FN2O5. The summed E-state index contributed by atoms with van der Waals surface area (Å²) in [4.78, 5) is 36.1. The van der Waals surface area contributed by atoms with Crippen LogP contribution in [0.4, 0.5) is 14.9 Å². The van der Waals surface area contributed by atoms with Gasteiger partial charge < -0.3 is 20.1 Å². The highest BCUT2D eigenvalue weighted by Crippen LogP contribution is 2.23. The molecule has 2 N–H and O–H groups in total. The SMILES string of the molecule is COC(=O)Cc1ccc(NC(=O)N2CC(C)CC(C(=O)O)C2)cc1F. The maximum atomic E-state index is 14.0. The smallest absolute Gasteiger partial charge is 0.321 e. The summed E-state index contributed by atoms with van der Waals surface area (Å²) in [5.41, 5.74) is 0.406. The van der Waals surface area contributed by atoms with Crippen molar-refractivity contribution < 1.29 is 28.6 Å². The number of benzene rings is 1. The third-order valence-corrected chi connectivity index (χ3v) is 4.16. The molecule has 1 fully saturated rings. The molecule has 1 heterocycles. The molecule has 0 spiro atoms. The van der Waals surface area contributed by atoms with Crippen molar-refractivity contribution >= 4 is 23.7 Å². The van der Waals surface area contributed by atoms with Gasteiger partial charge in [-0.3, -0.25) is 9.59 Å². The van der Waals surface area contributed by atoms with Gasteiger partial charge in [0, 0.05) is 18.8 Å². The Morgan fingerprint density at radius 2 is 2.08 bits per heavy atom. The third kappa shape index (κ3) is 4.91. The predicted octanol–water partition coefficient (Wildman–Crippen LogP) is 2.12. The number of halogens is 1. The molecule has 0 radical (unpaired) electrons. The normalized spacial score (nSPS) is 20.0. The quantitative estimate of drug-likeness (QED) is 0.809. The molecule has 2 amide bonds. The van der Waals surface area contributed by atoms with Crippen LogP contribution >= 0.6 is 0 Å². The molecule has 2 rings (SSSR count). The fraction of sp³-hybridized carbons (Fsp3) is 0.471. The van der Waals surface area contributed by atoms with E-state index in [9.17, 15) is 18.8 Å². The minimum atomic E-state index is -0.928. The number of carboxylic acid groups (broad SMARTS) is 1. The van der Waals surface area contributed by atoms with E-state index in [4.69, 9.17) is 5.11 Å². The van der Waals surface area contributed by atoms with Gasteiger partial charge in [0.15, 0.2) is 0 Å². The summed E-state index contributed by atoms with van der Waals surface area (Å²) in [6, 6.07) is 3.54. The first-order valence-electron chi connectivity index (χ1n) is 7.94. The van der Waals surface area contributed by atoms with Gasteiger partial charge in [-0.2, -0.15) is 0 Å². The molecule has 0 aromatic heterocycles. The van der Waals surface area contributed by atoms with Gasteiger partial charge in [0.05, 0.1) is 19.4 Å². The van der Waals surface area contributed by atoms with Crippen molar-refractivity contribution in [3.05, 3.63) is 29.6 Å². The summed E-state index contributed by atoms with van der Waals surface area (Å²) in [6.45, 7) is 2.45. The fourth-order valence-corrected chi connectivity index (χ4v) is 2.89. The molecule has 0 aliphatic carbocycles. The number of carboxylic acids is 1. The van der Waals surface area contributed by atoms with E-state index in [0.29, 0.717) is 13.0 Å². The Hall–Kier alpha value is -2.64. The van der Waals surface area contributed by atoms with E-state index >= 15 is 0 Å². The van der Waals surface area contributed by atoms with Gasteiger partial charge in [0.1, 0.15) is 5.82 Å². The summed E-state index contributed by atoms with van der Waals surface area (Å²) < 4.78 is 18.5. The molecule has 25 heavy (non-hydrogen) atoms. The average molecular weight is 352 g/mol. The molecule has 0 saturated carbocycles. The monoisotopic (exact) mass is 352 g/mol. The number of likely N-dealkylation sites (tertiary alicyclic amines) is 1. The largest absolute Gasteiger partial charge is 0.481 e. The summed E-state index contributed by atoms with van der Waals surface area (Å²) in [7, 11) is 1.22. The van der Waals surface area contributed by atoms with Crippen LogP contribution in [0, 0.1) is 17.7 Å². The third-order valence-electron chi connectivity index (χ3n) is 4.16. The summed E-state index contributed by atoms with van der Waals surface area (Å²) in [5, 5.41) is 11.7. The number of hydrogen-bond donors (Lipinski definition) is 2. The molecule has 2 unspecified atom stereocenters. The zero-order valence-corrected chi connectivity index (χ0v) is 14.1. The fourth-order valence-electron chi connectivity index (χ4n) is 2.89. The van der Waals surface area contributed by atoms with Crippen molar-refractivity contribution in [2.75, 3.05) is 25.5 Å². The van der Waals surface area contributed by atoms with Crippen LogP contribution in [0.3, 0.4) is 0 Å². The number of hydrogen-bond acceptors (Lipinski definition) is 4. The first-order chi connectivity index (χ1) is 11.8. The molecule has 1 aliphatic rings. The zero-order valence-electron chi connectivity index (χ0n) is 14.1. The molecule has 136 valence electrons. The molecule has 1 saturated heterocycles. The Labute approximate surface area is 144 Å². The topological polar surface area (TPSA) is 95.9 Å². The van der Waals surface area contributed by atoms with Gasteiger partial charge in [-0.1, -0.05) is 13.0 Å². The lowest BCUT2D eigenvalue weighted by molar-refractivity contribution is -0.144. The predicted molar refractivity (Wildman–Crippen MR) is 87.6 cm³/mol. The molecule has 1 aliphatic heterocycles. The molecule has 8 heteroatoms. The lowest BCUT2D eigenvalue weighted by Gasteiger charge is -2.34. The first-order valence-corrected chi connectivity index (χ1v) is 7.94. The number of carbonyl (C=O) groups is 3. The first kappa shape index (κ1) is 18.7. The Balaban J connectivity index is 2.03. The van der Waals surface area contributed by atoms with Crippen molar-refractivity contribution in [3.63, 3.8) is 0 Å². The highest BCUT2D eigenvalue weighted by Gasteiger charge is 2.31. The molecule has 1 aromatic rings. The van der Waals surface area contributed by atoms with E-state index in [1.165, 1.54) is 24.1 Å². The number of ether oxygens (including phenoxy) is 1. The number of carbonyl (C=O) groups excluding carboxylic acids is 2. The van der Waals surface area contributed by atoms with E-state index in [0.717, 1.165) is 6.07 Å². The van der Waals surface area contributed by atoms with Gasteiger partial charge >= 0.3 is 18.0 Å². The zero-order chi connectivity index (χ0) is 18.6. The van der Waals surface area contributed by atoms with Crippen LogP contribution in [0.5, 0.6) is 0 Å². The van der Waals surface area contributed by atoms with Crippen LogP contribution in [-0.4, -0.2) is 48.2 Å². The lowest BCUT2D eigenvalue weighted by atomic mass is 9.91. The van der Waals surface area contributed by atoms with Crippen LogP contribution < -0.4 is 5.32 Å². The van der Waals surface area contributed by atoms with Gasteiger partial charge in [0.2, 0.25) is 0 Å². The average Bonchev–Trinajstić information content (AvgIpc) is 2.56. The second-order valence-corrected chi connectivity index (χ2v) is 6.27. The van der Waals surface area contributed by atoms with Crippen LogP contribution in [0.15, 0.2) is 18.2 Å². The van der Waals surface area contributed by atoms with Crippen molar-refractivity contribution in [3.8, 4) is 0 Å². The molecule has 2 atom stereocenters. The van der Waals surface area contributed by atoms with Gasteiger partial charge in [0.25, 0.3) is 0 Å². The Kier molecular flexibility index (Phi) is 5.95. The number of urea groups is 1. The van der Waals surface area contributed by atoms with Gasteiger partial charge in [-0.15, -0.1) is 0 Å². The lowest BCUT2D eigenvalue weighted by Crippen LogP contribution is -2.47. The summed E-state index contributed by atoms with van der Waals surface area (Å²) in [6.07, 6.45) is 0.330. The van der Waals surface area contributed by atoms with E-state index in [1.54, 1.807) is 0 Å². The van der Waals surface area contributed by atoms with Crippen LogP contribution in [0.25, 0.3) is 0 Å². The van der Waals surface area contributed by atoms with E-state index in [-0.39, 0.29) is 30.1 Å². The number of anilines is 1. The number of methoxy groups -OCH3 is 1. The standard InChI is InChI=1S/C17H21FN2O5/c1-10-5-12(16(22)23)9-20(8-10)17(24)19-13-4-3-11(14(18)7-13)6-15(21)25-2/h3-4,7,10,12H,5-6,8-9H2,1-2H3,(H,19,24)(H,22,23). The highest BCUT2D eigenvalue weighted by atomic mass is 19.1. The highest BCUT2D eigenvalue weighted by molar-refractivity contribution is 5.90. The number of esters is 1. The number of nitrogens with one attached hydrogen (secondary N) is 1. The van der Waals surface area contributed by atoms with Gasteiger partial charge in [-0.25, -0.2) is 9.18 Å². The summed E-state index contributed by atoms with van der Waals surface area (Å²) >= 11 is 0. The van der Waals surface area contributed by atoms with Crippen molar-refractivity contribution in [2.45, 2.75) is 19.8 Å². The second kappa shape index (κ2) is 7.96. The van der Waals surface area contributed by atoms with E-state index in [1.807, 2.05) is 6.92 Å². The number of piperidine rings is 1. The van der Waals surface area contributed by atoms with Crippen molar-refractivity contribution in [1.82, 2.24) is 4.90 Å². The maximum absolute atomic E-state index is 14.0. The van der Waals surface area contributed by atoms with Crippen LogP contribution in [0.2, 0.25) is 0 Å². The molecule has 7 nitrogen and oxygen atoms in total. The van der Waals surface area contributed by atoms with Crippen LogP contribution in [-0.2, 0) is 20.7 Å². The molecule has 0 bridgehead atoms.